The molecule has 0 saturated heterocycles. The predicted molar refractivity (Wildman–Crippen MR) is 65.8 cm³/mol. The molecule has 0 aliphatic heterocycles. The first kappa shape index (κ1) is 15.6. The zero-order valence-electron chi connectivity index (χ0n) is 11.2. The molecule has 0 bridgehead atoms. The molecule has 4 nitrogen and oxygen atoms in total. The zero-order valence-corrected chi connectivity index (χ0v) is 12.2. The van der Waals surface area contributed by atoms with Gasteiger partial charge in [-0.25, -0.2) is 0 Å². The molecule has 0 aromatic rings. The van der Waals surface area contributed by atoms with E-state index in [1.54, 1.807) is 0 Å². The molecule has 1 N–H and O–H groups in total. The van der Waals surface area contributed by atoms with Crippen LogP contribution in [-0.2, 0) is 14.0 Å². The monoisotopic (exact) mass is 248 g/mol. The standard InChI is InChI=1S/C11H24O4Si/c1-11(2,3)16(5,6)15-9(8-12)7-10(13)14-4/h9,12H,7-8H2,1-6H3/t9-/m0/s1. The number of rotatable bonds is 5. The molecule has 0 amide bonds. The van der Waals surface area contributed by atoms with E-state index in [1.807, 2.05) is 0 Å². The number of hydrogen-bond donors (Lipinski definition) is 1. The van der Waals surface area contributed by atoms with Crippen molar-refractivity contribution in [3.8, 4) is 0 Å². The van der Waals surface area contributed by atoms with E-state index in [1.165, 1.54) is 7.11 Å². The lowest BCUT2D eigenvalue weighted by molar-refractivity contribution is -0.143. The quantitative estimate of drug-likeness (QED) is 0.596. The van der Waals surface area contributed by atoms with E-state index in [9.17, 15) is 9.90 Å². The van der Waals surface area contributed by atoms with Gasteiger partial charge in [-0.1, -0.05) is 20.8 Å². The average Bonchev–Trinajstić information content (AvgIpc) is 2.14. The Balaban J connectivity index is 4.48. The third kappa shape index (κ3) is 4.63. The molecule has 0 aliphatic carbocycles. The molecule has 1 atom stereocenters. The summed E-state index contributed by atoms with van der Waals surface area (Å²) in [5, 5.41) is 9.25. The second kappa shape index (κ2) is 5.79. The molecule has 0 aliphatic rings. The lowest BCUT2D eigenvalue weighted by atomic mass is 10.2. The van der Waals surface area contributed by atoms with E-state index < -0.39 is 14.4 Å². The van der Waals surface area contributed by atoms with E-state index >= 15 is 0 Å². The number of aliphatic hydroxyl groups is 1. The van der Waals surface area contributed by atoms with Gasteiger partial charge in [0, 0.05) is 0 Å². The summed E-state index contributed by atoms with van der Waals surface area (Å²) >= 11 is 0. The van der Waals surface area contributed by atoms with E-state index in [0.29, 0.717) is 0 Å². The Bertz CT molecular complexity index is 233. The molecule has 0 spiro atoms. The number of hydrogen-bond acceptors (Lipinski definition) is 4. The van der Waals surface area contributed by atoms with Crippen LogP contribution >= 0.6 is 0 Å². The van der Waals surface area contributed by atoms with Crippen LogP contribution in [0.4, 0.5) is 0 Å². The minimum absolute atomic E-state index is 0.0660. The van der Waals surface area contributed by atoms with Crippen molar-refractivity contribution in [1.82, 2.24) is 0 Å². The summed E-state index contributed by atoms with van der Waals surface area (Å²) in [5.41, 5.74) is 0. The number of carbonyl (C=O) groups is 1. The van der Waals surface area contributed by atoms with Crippen molar-refractivity contribution >= 4 is 14.3 Å². The van der Waals surface area contributed by atoms with Crippen molar-refractivity contribution in [3.63, 3.8) is 0 Å². The first-order valence-electron chi connectivity index (χ1n) is 5.49. The fourth-order valence-electron chi connectivity index (χ4n) is 1.01. The van der Waals surface area contributed by atoms with Crippen molar-refractivity contribution in [3.05, 3.63) is 0 Å². The summed E-state index contributed by atoms with van der Waals surface area (Å²) in [4.78, 5) is 11.1. The van der Waals surface area contributed by atoms with Crippen molar-refractivity contribution in [1.29, 1.82) is 0 Å². The van der Waals surface area contributed by atoms with Crippen LogP contribution in [0.1, 0.15) is 27.2 Å². The molecule has 0 rings (SSSR count). The number of aliphatic hydroxyl groups excluding tert-OH is 1. The summed E-state index contributed by atoms with van der Waals surface area (Å²) in [6.07, 6.45) is -0.340. The van der Waals surface area contributed by atoms with Crippen molar-refractivity contribution in [2.24, 2.45) is 0 Å². The first-order valence-corrected chi connectivity index (χ1v) is 8.40. The summed E-state index contributed by atoms with van der Waals surface area (Å²) in [7, 11) is -0.600. The Labute approximate surface area is 99.1 Å². The highest BCUT2D eigenvalue weighted by atomic mass is 28.4. The van der Waals surface area contributed by atoms with Crippen LogP contribution in [0.25, 0.3) is 0 Å². The highest BCUT2D eigenvalue weighted by Gasteiger charge is 2.39. The van der Waals surface area contributed by atoms with Crippen LogP contribution in [0.5, 0.6) is 0 Å². The van der Waals surface area contributed by atoms with Gasteiger partial charge in [0.1, 0.15) is 0 Å². The highest BCUT2D eigenvalue weighted by Crippen LogP contribution is 2.37. The zero-order chi connectivity index (χ0) is 13.0. The fraction of sp³-hybridized carbons (Fsp3) is 0.909. The predicted octanol–water partition coefficient (Wildman–Crippen LogP) is 1.93. The maximum atomic E-state index is 11.1. The molecular weight excluding hydrogens is 224 g/mol. The molecular formula is C11H24O4Si. The van der Waals surface area contributed by atoms with E-state index in [-0.39, 0.29) is 24.0 Å². The lowest BCUT2D eigenvalue weighted by Gasteiger charge is -2.38. The average molecular weight is 248 g/mol. The topological polar surface area (TPSA) is 55.8 Å². The summed E-state index contributed by atoms with van der Waals surface area (Å²) in [6, 6.07) is 0. The third-order valence-electron chi connectivity index (χ3n) is 3.09. The second-order valence-electron chi connectivity index (χ2n) is 5.46. The Morgan fingerprint density at radius 2 is 1.88 bits per heavy atom. The van der Waals surface area contributed by atoms with Gasteiger partial charge >= 0.3 is 5.97 Å². The van der Waals surface area contributed by atoms with Gasteiger partial charge in [-0.3, -0.25) is 4.79 Å². The fourth-order valence-corrected chi connectivity index (χ4v) is 2.35. The third-order valence-corrected chi connectivity index (χ3v) is 7.63. The Morgan fingerprint density at radius 3 is 2.19 bits per heavy atom. The largest absolute Gasteiger partial charge is 0.469 e. The van der Waals surface area contributed by atoms with Crippen LogP contribution in [0.15, 0.2) is 0 Å². The van der Waals surface area contributed by atoms with Crippen LogP contribution in [0, 0.1) is 0 Å². The van der Waals surface area contributed by atoms with E-state index in [0.717, 1.165) is 0 Å². The molecule has 0 unspecified atom stereocenters. The maximum Gasteiger partial charge on any atom is 0.308 e. The van der Waals surface area contributed by atoms with Gasteiger partial charge in [0.2, 0.25) is 0 Å². The molecule has 96 valence electrons. The van der Waals surface area contributed by atoms with Crippen molar-refractivity contribution < 1.29 is 19.1 Å². The van der Waals surface area contributed by atoms with Gasteiger partial charge in [0.15, 0.2) is 8.32 Å². The Morgan fingerprint density at radius 1 is 1.38 bits per heavy atom. The van der Waals surface area contributed by atoms with Gasteiger partial charge in [0.25, 0.3) is 0 Å². The van der Waals surface area contributed by atoms with Crippen LogP contribution in [-0.4, -0.2) is 39.2 Å². The summed E-state index contributed by atoms with van der Waals surface area (Å²) in [5.74, 6) is -0.349. The molecule has 0 aromatic carbocycles. The van der Waals surface area contributed by atoms with Gasteiger partial charge in [-0.2, -0.15) is 0 Å². The normalized spacial score (nSPS) is 14.7. The summed E-state index contributed by atoms with van der Waals surface area (Å²) in [6.45, 7) is 10.4. The van der Waals surface area contributed by atoms with E-state index in [2.05, 4.69) is 38.6 Å². The van der Waals surface area contributed by atoms with Gasteiger partial charge < -0.3 is 14.3 Å². The molecule has 0 aromatic heterocycles. The van der Waals surface area contributed by atoms with Crippen LogP contribution in [0.2, 0.25) is 18.1 Å². The number of carbonyl (C=O) groups excluding carboxylic acids is 1. The van der Waals surface area contributed by atoms with E-state index in [4.69, 9.17) is 4.43 Å². The highest BCUT2D eigenvalue weighted by molar-refractivity contribution is 6.74. The van der Waals surface area contributed by atoms with Gasteiger partial charge in [-0.05, 0) is 18.1 Å². The number of esters is 1. The molecule has 5 heteroatoms. The maximum absolute atomic E-state index is 11.1. The van der Waals surface area contributed by atoms with Gasteiger partial charge in [-0.15, -0.1) is 0 Å². The minimum atomic E-state index is -1.94. The molecule has 0 fully saturated rings. The minimum Gasteiger partial charge on any atom is -0.469 e. The summed E-state index contributed by atoms with van der Waals surface area (Å²) < 4.78 is 10.5. The number of ether oxygens (including phenoxy) is 1. The lowest BCUT2D eigenvalue weighted by Crippen LogP contribution is -2.45. The number of methoxy groups -OCH3 is 1. The van der Waals surface area contributed by atoms with Crippen molar-refractivity contribution in [2.45, 2.75) is 51.4 Å². The molecule has 0 radical (unpaired) electrons. The molecule has 16 heavy (non-hydrogen) atoms. The Kier molecular flexibility index (Phi) is 5.65. The van der Waals surface area contributed by atoms with Crippen molar-refractivity contribution in [2.75, 3.05) is 13.7 Å². The van der Waals surface area contributed by atoms with Crippen LogP contribution in [0.3, 0.4) is 0 Å². The second-order valence-corrected chi connectivity index (χ2v) is 10.2. The Hall–Kier alpha value is -0.393. The SMILES string of the molecule is COC(=O)C[C@@H](CO)O[Si](C)(C)C(C)(C)C. The smallest absolute Gasteiger partial charge is 0.308 e. The molecule has 0 heterocycles. The van der Waals surface area contributed by atoms with Crippen LogP contribution < -0.4 is 0 Å². The van der Waals surface area contributed by atoms with Gasteiger partial charge in [0.05, 0.1) is 26.2 Å². The molecule has 0 saturated carbocycles. The first-order chi connectivity index (χ1) is 7.14.